The van der Waals surface area contributed by atoms with Crippen LogP contribution in [0, 0.1) is 12.8 Å². The summed E-state index contributed by atoms with van der Waals surface area (Å²) in [4.78, 5) is 17.8. The van der Waals surface area contributed by atoms with E-state index >= 15 is 0 Å². The van der Waals surface area contributed by atoms with Crippen molar-refractivity contribution in [2.24, 2.45) is 5.92 Å². The molecule has 1 amide bonds. The molecule has 0 radical (unpaired) electrons. The molecule has 2 aromatic rings. The predicted molar refractivity (Wildman–Crippen MR) is 103 cm³/mol. The van der Waals surface area contributed by atoms with Crippen molar-refractivity contribution >= 4 is 22.4 Å². The Balaban J connectivity index is 2.16. The molecule has 136 valence electrons. The Hall–Kier alpha value is -2.08. The molecular weight excluding hydrogens is 336 g/mol. The smallest absolute Gasteiger partial charge is 0.226 e. The van der Waals surface area contributed by atoms with Crippen molar-refractivity contribution in [1.29, 1.82) is 0 Å². The molecule has 1 unspecified atom stereocenters. The zero-order chi connectivity index (χ0) is 18.4. The predicted octanol–water partition coefficient (Wildman–Crippen LogP) is 4.90. The third kappa shape index (κ3) is 4.95. The summed E-state index contributed by atoms with van der Waals surface area (Å²) < 4.78 is 10.6. The van der Waals surface area contributed by atoms with E-state index in [9.17, 15) is 4.79 Å². The number of methoxy groups -OCH3 is 2. The van der Waals surface area contributed by atoms with Crippen LogP contribution in [0.4, 0.5) is 5.13 Å². The van der Waals surface area contributed by atoms with Gasteiger partial charge in [-0.05, 0) is 31.0 Å². The van der Waals surface area contributed by atoms with Crippen molar-refractivity contribution in [3.05, 3.63) is 23.1 Å². The van der Waals surface area contributed by atoms with Crippen LogP contribution in [-0.4, -0.2) is 25.1 Å². The monoisotopic (exact) mass is 362 g/mol. The first-order chi connectivity index (χ1) is 12.0. The Kier molecular flexibility index (Phi) is 6.82. The Morgan fingerprint density at radius 1 is 1.28 bits per heavy atom. The number of benzene rings is 1. The van der Waals surface area contributed by atoms with Gasteiger partial charge in [-0.3, -0.25) is 4.79 Å². The van der Waals surface area contributed by atoms with Gasteiger partial charge in [0.2, 0.25) is 5.91 Å². The zero-order valence-electron chi connectivity index (χ0n) is 15.5. The van der Waals surface area contributed by atoms with Crippen molar-refractivity contribution in [3.8, 4) is 22.8 Å². The van der Waals surface area contributed by atoms with Crippen LogP contribution < -0.4 is 14.8 Å². The summed E-state index contributed by atoms with van der Waals surface area (Å²) in [5.41, 5.74) is 1.79. The number of ether oxygens (including phenoxy) is 2. The lowest BCUT2D eigenvalue weighted by molar-refractivity contribution is -0.117. The Labute approximate surface area is 153 Å². The first kappa shape index (κ1) is 19.2. The van der Waals surface area contributed by atoms with Gasteiger partial charge < -0.3 is 14.8 Å². The normalized spacial score (nSPS) is 11.9. The largest absolute Gasteiger partial charge is 0.493 e. The molecule has 0 saturated carbocycles. The molecule has 0 fully saturated rings. The van der Waals surface area contributed by atoms with Gasteiger partial charge in [-0.25, -0.2) is 4.98 Å². The number of hydrogen-bond donors (Lipinski definition) is 1. The van der Waals surface area contributed by atoms with Crippen LogP contribution in [0.3, 0.4) is 0 Å². The molecule has 0 saturated heterocycles. The van der Waals surface area contributed by atoms with Gasteiger partial charge in [0.15, 0.2) is 16.6 Å². The minimum absolute atomic E-state index is 0.0218. The van der Waals surface area contributed by atoms with Gasteiger partial charge in [-0.1, -0.05) is 26.7 Å². The maximum Gasteiger partial charge on any atom is 0.226 e. The highest BCUT2D eigenvalue weighted by molar-refractivity contribution is 7.16. The van der Waals surface area contributed by atoms with E-state index in [1.165, 1.54) is 11.3 Å². The van der Waals surface area contributed by atoms with Crippen LogP contribution in [0.25, 0.3) is 11.3 Å². The summed E-state index contributed by atoms with van der Waals surface area (Å²) in [6.07, 6.45) is 2.67. The Bertz CT molecular complexity index is 727. The highest BCUT2D eigenvalue weighted by Crippen LogP contribution is 2.36. The minimum Gasteiger partial charge on any atom is -0.493 e. The number of nitrogens with zero attached hydrogens (tertiary/aromatic N) is 1. The third-order valence-corrected chi connectivity index (χ3v) is 4.90. The summed E-state index contributed by atoms with van der Waals surface area (Å²) in [6, 6.07) is 5.70. The van der Waals surface area contributed by atoms with Crippen LogP contribution >= 0.6 is 11.3 Å². The van der Waals surface area contributed by atoms with E-state index in [1.54, 1.807) is 14.2 Å². The van der Waals surface area contributed by atoms with Crippen LogP contribution in [0.2, 0.25) is 0 Å². The van der Waals surface area contributed by atoms with Crippen molar-refractivity contribution in [1.82, 2.24) is 4.98 Å². The summed E-state index contributed by atoms with van der Waals surface area (Å²) in [5, 5.41) is 3.56. The molecule has 6 heteroatoms. The molecular formula is C19H26N2O3S. The van der Waals surface area contributed by atoms with Gasteiger partial charge in [0.05, 0.1) is 19.9 Å². The summed E-state index contributed by atoms with van der Waals surface area (Å²) in [6.45, 7) is 6.23. The van der Waals surface area contributed by atoms with Crippen LogP contribution in [-0.2, 0) is 4.79 Å². The lowest BCUT2D eigenvalue weighted by atomic mass is 10.0. The SMILES string of the molecule is CCCC(C)CC(=O)Nc1nc(-c2ccc(OC)c(OC)c2)c(C)s1. The third-order valence-electron chi connectivity index (χ3n) is 4.02. The van der Waals surface area contributed by atoms with Gasteiger partial charge in [0.1, 0.15) is 0 Å². The molecule has 1 aromatic heterocycles. The first-order valence-electron chi connectivity index (χ1n) is 8.48. The second-order valence-electron chi connectivity index (χ2n) is 6.14. The molecule has 0 bridgehead atoms. The van der Waals surface area contributed by atoms with Crippen molar-refractivity contribution < 1.29 is 14.3 Å². The summed E-state index contributed by atoms with van der Waals surface area (Å²) in [7, 11) is 3.22. The van der Waals surface area contributed by atoms with E-state index in [0.29, 0.717) is 29.0 Å². The van der Waals surface area contributed by atoms with Gasteiger partial charge in [0, 0.05) is 16.9 Å². The molecule has 25 heavy (non-hydrogen) atoms. The average Bonchev–Trinajstić information content (AvgIpc) is 2.94. The quantitative estimate of drug-likeness (QED) is 0.725. The molecule has 0 aliphatic carbocycles. The fraction of sp³-hybridized carbons (Fsp3) is 0.474. The lowest BCUT2D eigenvalue weighted by Crippen LogP contribution is -2.14. The Morgan fingerprint density at radius 3 is 2.64 bits per heavy atom. The minimum atomic E-state index is 0.0218. The number of nitrogens with one attached hydrogen (secondary N) is 1. The lowest BCUT2D eigenvalue weighted by Gasteiger charge is -2.09. The molecule has 2 rings (SSSR count). The molecule has 5 nitrogen and oxygen atoms in total. The van der Waals surface area contributed by atoms with Crippen LogP contribution in [0.5, 0.6) is 11.5 Å². The fourth-order valence-corrected chi connectivity index (χ4v) is 3.63. The molecule has 0 aliphatic heterocycles. The van der Waals surface area contributed by atoms with Crippen molar-refractivity contribution in [2.45, 2.75) is 40.0 Å². The molecule has 1 atom stereocenters. The Morgan fingerprint density at radius 2 is 2.00 bits per heavy atom. The number of carbonyl (C=O) groups is 1. The number of aryl methyl sites for hydroxylation is 1. The standard InChI is InChI=1S/C19H26N2O3S/c1-6-7-12(2)10-17(22)20-19-21-18(13(3)25-19)14-8-9-15(23-4)16(11-14)24-5/h8-9,11-12H,6-7,10H2,1-5H3,(H,20,21,22). The highest BCUT2D eigenvalue weighted by Gasteiger charge is 2.15. The van der Waals surface area contributed by atoms with E-state index in [1.807, 2.05) is 25.1 Å². The van der Waals surface area contributed by atoms with E-state index in [-0.39, 0.29) is 5.91 Å². The van der Waals surface area contributed by atoms with Crippen molar-refractivity contribution in [2.75, 3.05) is 19.5 Å². The zero-order valence-corrected chi connectivity index (χ0v) is 16.3. The highest BCUT2D eigenvalue weighted by atomic mass is 32.1. The van der Waals surface area contributed by atoms with E-state index in [4.69, 9.17) is 9.47 Å². The van der Waals surface area contributed by atoms with E-state index in [0.717, 1.165) is 29.0 Å². The van der Waals surface area contributed by atoms with Crippen LogP contribution in [0.1, 0.15) is 38.0 Å². The number of hydrogen-bond acceptors (Lipinski definition) is 5. The van der Waals surface area contributed by atoms with E-state index in [2.05, 4.69) is 24.1 Å². The first-order valence-corrected chi connectivity index (χ1v) is 9.29. The number of rotatable bonds is 8. The molecule has 0 aliphatic rings. The number of anilines is 1. The number of amides is 1. The van der Waals surface area contributed by atoms with E-state index < -0.39 is 0 Å². The topological polar surface area (TPSA) is 60.5 Å². The van der Waals surface area contributed by atoms with Crippen LogP contribution in [0.15, 0.2) is 18.2 Å². The maximum atomic E-state index is 12.2. The summed E-state index contributed by atoms with van der Waals surface area (Å²) >= 11 is 1.49. The molecule has 0 spiro atoms. The second kappa shape index (κ2) is 8.85. The number of thiazole rings is 1. The van der Waals surface area contributed by atoms with Gasteiger partial charge in [-0.15, -0.1) is 11.3 Å². The number of aromatic nitrogens is 1. The molecule has 1 N–H and O–H groups in total. The van der Waals surface area contributed by atoms with Gasteiger partial charge in [-0.2, -0.15) is 0 Å². The molecule has 1 heterocycles. The molecule has 1 aromatic carbocycles. The second-order valence-corrected chi connectivity index (χ2v) is 7.34. The average molecular weight is 362 g/mol. The van der Waals surface area contributed by atoms with Gasteiger partial charge in [0.25, 0.3) is 0 Å². The fourth-order valence-electron chi connectivity index (χ4n) is 2.78. The number of carbonyl (C=O) groups excluding carboxylic acids is 1. The maximum absolute atomic E-state index is 12.2. The van der Waals surface area contributed by atoms with Gasteiger partial charge >= 0.3 is 0 Å². The van der Waals surface area contributed by atoms with Crippen molar-refractivity contribution in [3.63, 3.8) is 0 Å². The summed E-state index contributed by atoms with van der Waals surface area (Å²) in [5.74, 6) is 1.74.